The monoisotopic (exact) mass is 472 g/mol. The molecule has 1 aliphatic heterocycles. The highest BCUT2D eigenvalue weighted by atomic mass is 19.1. The van der Waals surface area contributed by atoms with E-state index >= 15 is 0 Å². The number of rotatable bonds is 4. The fourth-order valence-electron chi connectivity index (χ4n) is 6.30. The molecule has 1 saturated heterocycles. The molecular weight excluding hydrogens is 439 g/mol. The van der Waals surface area contributed by atoms with Gasteiger partial charge in [0.25, 0.3) is 0 Å². The van der Waals surface area contributed by atoms with Gasteiger partial charge in [0.1, 0.15) is 11.6 Å². The zero-order valence-electron chi connectivity index (χ0n) is 20.6. The molecule has 182 valence electrons. The molecule has 35 heavy (non-hydrogen) atoms. The fourth-order valence-corrected chi connectivity index (χ4v) is 6.30. The molecule has 2 aromatic heterocycles. The molecule has 1 saturated carbocycles. The van der Waals surface area contributed by atoms with E-state index in [2.05, 4.69) is 43.7 Å². The Morgan fingerprint density at radius 3 is 2.54 bits per heavy atom. The average Bonchev–Trinajstić information content (AvgIpc) is 3.23. The number of hydrogen-bond donors (Lipinski definition) is 0. The minimum absolute atomic E-state index is 0.161. The number of pyridine rings is 1. The van der Waals surface area contributed by atoms with Gasteiger partial charge in [0.15, 0.2) is 0 Å². The molecule has 2 fully saturated rings. The fraction of sp³-hybridized carbons (Fsp3) is 0.414. The van der Waals surface area contributed by atoms with Crippen molar-refractivity contribution in [2.24, 2.45) is 7.05 Å². The minimum Gasteiger partial charge on any atom is -0.497 e. The summed E-state index contributed by atoms with van der Waals surface area (Å²) in [5.41, 5.74) is 4.62. The van der Waals surface area contributed by atoms with E-state index in [0.29, 0.717) is 12.0 Å². The zero-order chi connectivity index (χ0) is 23.9. The number of fused-ring (bicyclic) bond motifs is 2. The lowest BCUT2D eigenvalue weighted by Gasteiger charge is -2.42. The summed E-state index contributed by atoms with van der Waals surface area (Å²) in [4.78, 5) is 9.84. The Hall–Kier alpha value is -3.12. The van der Waals surface area contributed by atoms with Crippen LogP contribution in [0.15, 0.2) is 54.9 Å². The molecule has 0 unspecified atom stereocenters. The zero-order valence-corrected chi connectivity index (χ0v) is 20.6. The van der Waals surface area contributed by atoms with Gasteiger partial charge in [-0.05, 0) is 67.5 Å². The molecule has 5 nitrogen and oxygen atoms in total. The summed E-state index contributed by atoms with van der Waals surface area (Å²) in [6, 6.07) is 14.2. The SMILES string of the molecule is COc1cc(N2CCN([C@H]3CC[C@@H](c4cn(C)c5cc(F)ccc54)CC3)CC2)c2ncccc2c1. The summed E-state index contributed by atoms with van der Waals surface area (Å²) in [5.74, 6) is 1.29. The first-order chi connectivity index (χ1) is 17.1. The molecule has 0 atom stereocenters. The van der Waals surface area contributed by atoms with Crippen LogP contribution in [-0.4, -0.2) is 53.8 Å². The van der Waals surface area contributed by atoms with Gasteiger partial charge in [0.05, 0.1) is 23.8 Å². The summed E-state index contributed by atoms with van der Waals surface area (Å²) in [6.07, 6.45) is 8.95. The van der Waals surface area contributed by atoms with E-state index < -0.39 is 0 Å². The number of benzene rings is 2. The number of nitrogens with zero attached hydrogens (tertiary/aromatic N) is 4. The van der Waals surface area contributed by atoms with Crippen LogP contribution >= 0.6 is 0 Å². The Morgan fingerprint density at radius 2 is 1.77 bits per heavy atom. The van der Waals surface area contributed by atoms with Crippen molar-refractivity contribution in [2.45, 2.75) is 37.6 Å². The van der Waals surface area contributed by atoms with Crippen LogP contribution in [0.5, 0.6) is 5.75 Å². The van der Waals surface area contributed by atoms with Crippen LogP contribution in [-0.2, 0) is 7.05 Å². The highest BCUT2D eigenvalue weighted by Gasteiger charge is 2.30. The van der Waals surface area contributed by atoms with E-state index in [1.807, 2.05) is 25.4 Å². The summed E-state index contributed by atoms with van der Waals surface area (Å²) in [5, 5.41) is 2.34. The van der Waals surface area contributed by atoms with Gasteiger partial charge in [0, 0.05) is 68.5 Å². The molecule has 6 rings (SSSR count). The molecule has 0 N–H and O–H groups in total. The Bertz CT molecular complexity index is 1350. The highest BCUT2D eigenvalue weighted by molar-refractivity contribution is 5.92. The summed E-state index contributed by atoms with van der Waals surface area (Å²) in [7, 11) is 3.75. The van der Waals surface area contributed by atoms with Crippen molar-refractivity contribution in [1.29, 1.82) is 0 Å². The molecule has 3 heterocycles. The second kappa shape index (κ2) is 9.15. The Morgan fingerprint density at radius 1 is 0.971 bits per heavy atom. The number of anilines is 1. The number of aromatic nitrogens is 2. The molecule has 0 spiro atoms. The van der Waals surface area contributed by atoms with Gasteiger partial charge in [0.2, 0.25) is 0 Å². The summed E-state index contributed by atoms with van der Waals surface area (Å²) in [6.45, 7) is 4.17. The van der Waals surface area contributed by atoms with Gasteiger partial charge in [-0.2, -0.15) is 0 Å². The van der Waals surface area contributed by atoms with Gasteiger partial charge < -0.3 is 14.2 Å². The lowest BCUT2D eigenvalue weighted by atomic mass is 9.81. The Kier molecular flexibility index (Phi) is 5.85. The van der Waals surface area contributed by atoms with Crippen molar-refractivity contribution in [3.63, 3.8) is 0 Å². The van der Waals surface area contributed by atoms with Gasteiger partial charge >= 0.3 is 0 Å². The van der Waals surface area contributed by atoms with Gasteiger partial charge in [-0.3, -0.25) is 9.88 Å². The molecule has 0 amide bonds. The second-order valence-corrected chi connectivity index (χ2v) is 10.1. The number of methoxy groups -OCH3 is 1. The number of piperazine rings is 1. The molecular formula is C29H33FN4O. The lowest BCUT2D eigenvalue weighted by molar-refractivity contribution is 0.141. The first-order valence-corrected chi connectivity index (χ1v) is 12.8. The number of ether oxygens (including phenoxy) is 1. The predicted molar refractivity (Wildman–Crippen MR) is 140 cm³/mol. The van der Waals surface area contributed by atoms with Crippen molar-refractivity contribution in [2.75, 3.05) is 38.2 Å². The van der Waals surface area contributed by atoms with Crippen LogP contribution in [0.2, 0.25) is 0 Å². The first-order valence-electron chi connectivity index (χ1n) is 12.8. The van der Waals surface area contributed by atoms with Crippen LogP contribution in [0.4, 0.5) is 10.1 Å². The van der Waals surface area contributed by atoms with Crippen molar-refractivity contribution in [3.8, 4) is 5.75 Å². The van der Waals surface area contributed by atoms with E-state index in [9.17, 15) is 4.39 Å². The third kappa shape index (κ3) is 4.14. The van der Waals surface area contributed by atoms with E-state index in [1.165, 1.54) is 42.3 Å². The molecule has 2 aromatic carbocycles. The maximum absolute atomic E-state index is 13.7. The largest absolute Gasteiger partial charge is 0.497 e. The Labute approximate surface area is 206 Å². The number of halogens is 1. The summed E-state index contributed by atoms with van der Waals surface area (Å²) >= 11 is 0. The van der Waals surface area contributed by atoms with Crippen LogP contribution < -0.4 is 9.64 Å². The molecule has 1 aliphatic carbocycles. The Balaban J connectivity index is 1.11. The quantitative estimate of drug-likeness (QED) is 0.380. The first kappa shape index (κ1) is 22.4. The normalized spacial score (nSPS) is 21.6. The number of aryl methyl sites for hydroxylation is 1. The van der Waals surface area contributed by atoms with Crippen LogP contribution in [0.1, 0.15) is 37.2 Å². The second-order valence-electron chi connectivity index (χ2n) is 10.1. The molecule has 0 radical (unpaired) electrons. The van der Waals surface area contributed by atoms with Crippen molar-refractivity contribution in [1.82, 2.24) is 14.5 Å². The molecule has 6 heteroatoms. The van der Waals surface area contributed by atoms with Crippen molar-refractivity contribution >= 4 is 27.5 Å². The molecule has 2 aliphatic rings. The standard InChI is InChI=1S/C29H33FN4O/c1-32-19-26(25-10-7-22(30)17-27(25)32)20-5-8-23(9-6-20)33-12-14-34(15-13-33)28-18-24(35-2)16-21-4-3-11-31-29(21)28/h3-4,7,10-11,16-20,23H,5-6,8-9,12-15H2,1-2H3/t20-,23+. The van der Waals surface area contributed by atoms with Crippen molar-refractivity contribution in [3.05, 3.63) is 66.2 Å². The van der Waals surface area contributed by atoms with E-state index in [-0.39, 0.29) is 5.82 Å². The molecule has 4 aromatic rings. The van der Waals surface area contributed by atoms with Crippen LogP contribution in [0.25, 0.3) is 21.8 Å². The predicted octanol–water partition coefficient (Wildman–Crippen LogP) is 5.72. The average molecular weight is 473 g/mol. The van der Waals surface area contributed by atoms with Crippen LogP contribution in [0, 0.1) is 5.82 Å². The van der Waals surface area contributed by atoms with E-state index in [1.54, 1.807) is 19.2 Å². The van der Waals surface area contributed by atoms with Crippen molar-refractivity contribution < 1.29 is 9.13 Å². The van der Waals surface area contributed by atoms with Gasteiger partial charge in [-0.25, -0.2) is 4.39 Å². The highest BCUT2D eigenvalue weighted by Crippen LogP contribution is 2.39. The number of hydrogen-bond acceptors (Lipinski definition) is 4. The maximum atomic E-state index is 13.7. The minimum atomic E-state index is -0.161. The smallest absolute Gasteiger partial charge is 0.125 e. The molecule has 0 bridgehead atoms. The third-order valence-corrected chi connectivity index (χ3v) is 8.19. The third-order valence-electron chi connectivity index (χ3n) is 8.19. The van der Waals surface area contributed by atoms with Gasteiger partial charge in [-0.15, -0.1) is 0 Å². The lowest BCUT2D eigenvalue weighted by Crippen LogP contribution is -2.51. The van der Waals surface area contributed by atoms with E-state index in [0.717, 1.165) is 48.3 Å². The van der Waals surface area contributed by atoms with Crippen LogP contribution in [0.3, 0.4) is 0 Å². The maximum Gasteiger partial charge on any atom is 0.125 e. The summed E-state index contributed by atoms with van der Waals surface area (Å²) < 4.78 is 21.4. The van der Waals surface area contributed by atoms with E-state index in [4.69, 9.17) is 4.74 Å². The van der Waals surface area contributed by atoms with Gasteiger partial charge in [-0.1, -0.05) is 6.07 Å². The topological polar surface area (TPSA) is 33.5 Å².